The van der Waals surface area contributed by atoms with Crippen LogP contribution >= 0.6 is 0 Å². The summed E-state index contributed by atoms with van der Waals surface area (Å²) in [6.07, 6.45) is 2.42. The van der Waals surface area contributed by atoms with E-state index in [1.165, 1.54) is 0 Å². The van der Waals surface area contributed by atoms with E-state index in [0.717, 1.165) is 24.8 Å². The average Bonchev–Trinajstić information content (AvgIpc) is 3.14. The van der Waals surface area contributed by atoms with Gasteiger partial charge in [0.2, 0.25) is 0 Å². The molecule has 2 spiro atoms. The molecule has 206 valence electrons. The van der Waals surface area contributed by atoms with Gasteiger partial charge in [-0.15, -0.1) is 0 Å². The summed E-state index contributed by atoms with van der Waals surface area (Å²) in [4.78, 5) is 25.6. The number of hydrogen-bond acceptors (Lipinski definition) is 7. The summed E-state index contributed by atoms with van der Waals surface area (Å²) in [7, 11) is 2.23. The molecule has 1 unspecified atom stereocenters. The van der Waals surface area contributed by atoms with Gasteiger partial charge in [-0.2, -0.15) is 0 Å². The van der Waals surface area contributed by atoms with Crippen LogP contribution in [0.4, 0.5) is 0 Å². The van der Waals surface area contributed by atoms with Crippen molar-refractivity contribution in [3.8, 4) is 0 Å². The number of quaternary nitrogens is 1. The summed E-state index contributed by atoms with van der Waals surface area (Å²) in [6, 6.07) is 0.394. The number of aliphatic hydroxyl groups excluding tert-OH is 2. The molecule has 8 nitrogen and oxygen atoms in total. The predicted octanol–water partition coefficient (Wildman–Crippen LogP) is 2.61. The highest BCUT2D eigenvalue weighted by Gasteiger charge is 2.97. The molecule has 0 amide bonds. The number of ether oxygens (including phenoxy) is 2. The van der Waals surface area contributed by atoms with Crippen LogP contribution in [0.2, 0.25) is 0 Å². The summed E-state index contributed by atoms with van der Waals surface area (Å²) < 4.78 is 13.0. The van der Waals surface area contributed by atoms with E-state index in [-0.39, 0.29) is 75.4 Å². The molecule has 6 aliphatic carbocycles. The third-order valence-electron chi connectivity index (χ3n) is 13.0. The van der Waals surface area contributed by atoms with Gasteiger partial charge in [-0.05, 0) is 31.1 Å². The van der Waals surface area contributed by atoms with Gasteiger partial charge in [0, 0.05) is 36.0 Å². The molecule has 6 saturated carbocycles. The van der Waals surface area contributed by atoms with E-state index in [2.05, 4.69) is 20.6 Å². The van der Waals surface area contributed by atoms with Crippen LogP contribution in [0.1, 0.15) is 66.2 Å². The number of rotatable bonds is 5. The second kappa shape index (κ2) is 7.38. The van der Waals surface area contributed by atoms with Gasteiger partial charge in [0.1, 0.15) is 18.2 Å². The Balaban J connectivity index is 0.00000252. The molecule has 9 aliphatic rings. The van der Waals surface area contributed by atoms with Crippen LogP contribution in [0.3, 0.4) is 0 Å². The largest absolute Gasteiger partial charge is 0.870 e. The Kier molecular flexibility index (Phi) is 5.14. The summed E-state index contributed by atoms with van der Waals surface area (Å²) >= 11 is 0. The zero-order chi connectivity index (χ0) is 25.7. The van der Waals surface area contributed by atoms with Crippen LogP contribution in [0.15, 0.2) is 12.2 Å². The fourth-order valence-electron chi connectivity index (χ4n) is 12.4. The third kappa shape index (κ3) is 2.43. The summed E-state index contributed by atoms with van der Waals surface area (Å²) in [5.41, 5.74) is 0.249. The predicted molar refractivity (Wildman–Crippen MR) is 132 cm³/mol. The maximum atomic E-state index is 13.1. The van der Waals surface area contributed by atoms with E-state index in [4.69, 9.17) is 9.47 Å². The van der Waals surface area contributed by atoms with Crippen molar-refractivity contribution < 1.29 is 39.2 Å². The van der Waals surface area contributed by atoms with Gasteiger partial charge in [-0.1, -0.05) is 39.8 Å². The Labute approximate surface area is 219 Å². The number of carbonyl (C=O) groups is 2. The molecule has 3 aliphatic heterocycles. The fourth-order valence-corrected chi connectivity index (χ4v) is 12.4. The third-order valence-corrected chi connectivity index (χ3v) is 13.0. The normalized spacial score (nSPS) is 57.8. The zero-order valence-electron chi connectivity index (χ0n) is 22.7. The molecular weight excluding hydrogens is 474 g/mol. The van der Waals surface area contributed by atoms with Crippen molar-refractivity contribution in [2.75, 3.05) is 7.05 Å². The zero-order valence-corrected chi connectivity index (χ0v) is 22.7. The maximum Gasteiger partial charge on any atom is 0.308 e. The van der Waals surface area contributed by atoms with E-state index in [0.29, 0.717) is 29.8 Å². The van der Waals surface area contributed by atoms with Crippen molar-refractivity contribution >= 4 is 11.9 Å². The maximum absolute atomic E-state index is 13.1. The summed E-state index contributed by atoms with van der Waals surface area (Å²) in [5, 5.41) is 24.2. The highest BCUT2D eigenvalue weighted by atomic mass is 16.6. The molecule has 9 rings (SSSR count). The molecule has 0 radical (unpaired) electrons. The number of aliphatic hydroxyl groups is 2. The van der Waals surface area contributed by atoms with E-state index in [9.17, 15) is 19.8 Å². The number of esters is 2. The molecule has 3 heterocycles. The lowest BCUT2D eigenvalue weighted by molar-refractivity contribution is -0.993. The van der Waals surface area contributed by atoms with Crippen LogP contribution in [-0.2, 0) is 19.1 Å². The number of fused-ring (bicyclic) bond motifs is 1. The standard InChI is InChI=1S/C29H42NO6.H2O/c1-7-13(3)25(33)36-21-18-14(4)9-28-12-16-22-27(5)10-15(35-17(31)8-2)11-29(22,23(28)20(18)32)24(19(21)28)30(16,6)26(27)34;/h13,15-16,18-24,26,32,34H,4,7-12H2,1-3,5-6H3;1H2/q+1;/p-1/t13-,15+,16+,18-,19-,20-,21-,22-,23-,24-,26-,27-,28+,29+,30?;/m1./s1. The lowest BCUT2D eigenvalue weighted by atomic mass is 9.39. The summed E-state index contributed by atoms with van der Waals surface area (Å²) in [5.74, 6) is -0.435. The van der Waals surface area contributed by atoms with Gasteiger partial charge >= 0.3 is 11.9 Å². The molecule has 0 aromatic heterocycles. The molecule has 0 aromatic carbocycles. The van der Waals surface area contributed by atoms with Crippen LogP contribution < -0.4 is 0 Å². The van der Waals surface area contributed by atoms with E-state index in [1.54, 1.807) is 0 Å². The molecular formula is C29H43NO7. The Morgan fingerprint density at radius 1 is 1.16 bits per heavy atom. The first-order valence-electron chi connectivity index (χ1n) is 14.2. The van der Waals surface area contributed by atoms with Crippen LogP contribution in [0.25, 0.3) is 0 Å². The van der Waals surface area contributed by atoms with Crippen molar-refractivity contribution in [1.29, 1.82) is 0 Å². The van der Waals surface area contributed by atoms with Crippen molar-refractivity contribution in [3.05, 3.63) is 12.2 Å². The van der Waals surface area contributed by atoms with E-state index in [1.807, 2.05) is 20.8 Å². The van der Waals surface area contributed by atoms with Crippen LogP contribution in [-0.4, -0.2) is 75.8 Å². The number of nitrogens with zero attached hydrogens (tertiary/aromatic N) is 1. The minimum Gasteiger partial charge on any atom is -0.870 e. The van der Waals surface area contributed by atoms with Crippen LogP contribution in [0.5, 0.6) is 0 Å². The first-order chi connectivity index (χ1) is 16.9. The fraction of sp³-hybridized carbons (Fsp3) is 0.862. The SMILES string of the molecule is C=C1C[C@@]23C[C@H]4[C@@H]5[C@@]6(C)C[C@H](OC(=O)CC)C[C@@]57[C@@H]2[C@H](O)[C@@H]1[C@@H](OC(=O)[C@H](C)CC)[C@@H]3[C@H]7[N+]4(C)[C@@H]6O.[OH-]. The van der Waals surface area contributed by atoms with Gasteiger partial charge in [0.05, 0.1) is 36.4 Å². The highest BCUT2D eigenvalue weighted by Crippen LogP contribution is 2.89. The molecule has 0 aromatic rings. The summed E-state index contributed by atoms with van der Waals surface area (Å²) in [6.45, 7) is 12.3. The number of carbonyl (C=O) groups excluding carboxylic acids is 2. The highest BCUT2D eigenvalue weighted by molar-refractivity contribution is 5.72. The lowest BCUT2D eigenvalue weighted by Crippen LogP contribution is -2.72. The van der Waals surface area contributed by atoms with Crippen molar-refractivity contribution in [2.45, 2.75) is 103 Å². The van der Waals surface area contributed by atoms with Gasteiger partial charge < -0.3 is 25.2 Å². The Morgan fingerprint density at radius 3 is 2.51 bits per heavy atom. The molecule has 9 bridgehead atoms. The first-order valence-corrected chi connectivity index (χ1v) is 14.2. The van der Waals surface area contributed by atoms with Crippen molar-refractivity contribution in [3.63, 3.8) is 0 Å². The van der Waals surface area contributed by atoms with Gasteiger partial charge in [-0.25, -0.2) is 0 Å². The number of hydrogen-bond donors (Lipinski definition) is 2. The molecule has 3 N–H and O–H groups in total. The molecule has 3 saturated heterocycles. The average molecular weight is 518 g/mol. The molecule has 37 heavy (non-hydrogen) atoms. The van der Waals surface area contributed by atoms with E-state index >= 15 is 0 Å². The van der Waals surface area contributed by atoms with Crippen molar-refractivity contribution in [1.82, 2.24) is 0 Å². The molecule has 15 atom stereocenters. The first kappa shape index (κ1) is 25.8. The Bertz CT molecular complexity index is 1080. The van der Waals surface area contributed by atoms with Crippen LogP contribution in [0, 0.1) is 45.8 Å². The van der Waals surface area contributed by atoms with Gasteiger partial charge in [0.15, 0.2) is 6.23 Å². The second-order valence-electron chi connectivity index (χ2n) is 14.1. The number of piperidine rings is 2. The quantitative estimate of drug-likeness (QED) is 0.326. The lowest BCUT2D eigenvalue weighted by Gasteiger charge is -2.64. The smallest absolute Gasteiger partial charge is 0.308 e. The van der Waals surface area contributed by atoms with Gasteiger partial charge in [0.25, 0.3) is 0 Å². The molecule has 8 heteroatoms. The second-order valence-corrected chi connectivity index (χ2v) is 14.1. The topological polar surface area (TPSA) is 123 Å². The van der Waals surface area contributed by atoms with E-state index < -0.39 is 18.4 Å². The Morgan fingerprint density at radius 2 is 1.86 bits per heavy atom. The monoisotopic (exact) mass is 517 g/mol. The molecule has 9 fully saturated rings. The van der Waals surface area contributed by atoms with Gasteiger partial charge in [-0.3, -0.25) is 14.1 Å². The Hall–Kier alpha value is -1.48. The van der Waals surface area contributed by atoms with Crippen molar-refractivity contribution in [2.24, 2.45) is 45.8 Å². The minimum atomic E-state index is -0.627. The minimum absolute atomic E-state index is 0.